The van der Waals surface area contributed by atoms with E-state index >= 15 is 0 Å². The Morgan fingerprint density at radius 1 is 1.03 bits per heavy atom. The summed E-state index contributed by atoms with van der Waals surface area (Å²) < 4.78 is 5.32. The quantitative estimate of drug-likeness (QED) is 0.183. The molecule has 0 atom stereocenters. The molecular formula is C34H50N2O3. The summed E-state index contributed by atoms with van der Waals surface area (Å²) in [5.41, 5.74) is 6.27. The summed E-state index contributed by atoms with van der Waals surface area (Å²) >= 11 is 0. The zero-order chi connectivity index (χ0) is 29.6. The van der Waals surface area contributed by atoms with Crippen LogP contribution < -0.4 is 5.32 Å². The summed E-state index contributed by atoms with van der Waals surface area (Å²) in [5.74, 6) is 0.0411. The maximum atomic E-state index is 12.6. The monoisotopic (exact) mass is 534 g/mol. The van der Waals surface area contributed by atoms with Gasteiger partial charge in [-0.3, -0.25) is 9.59 Å². The van der Waals surface area contributed by atoms with Crippen LogP contribution in [0.5, 0.6) is 0 Å². The second-order valence-corrected chi connectivity index (χ2v) is 8.57. The lowest BCUT2D eigenvalue weighted by Gasteiger charge is -2.26. The van der Waals surface area contributed by atoms with Crippen molar-refractivity contribution in [2.45, 2.75) is 54.9 Å². The number of carbonyl (C=O) groups is 2. The molecule has 0 aromatic heterocycles. The molecule has 2 rings (SSSR count). The standard InChI is InChI=1S/C30H38N2O3.2C2H6/c1-6-7-28(25(4)21-29(22-33)24(3)14-15-31-5)20-23(2)8-9-26-10-12-27(13-11-26)30(34)32-16-18-35-19-17-32;2*1-2/h6-13,20-22,31H,2,14-19H2,1,3-5H3;2*1-2H3/b7-6-,9-8+,25-21+,28-20+,29-24-;;. The first kappa shape index (κ1) is 35.7. The molecule has 1 aromatic carbocycles. The number of benzene rings is 1. The van der Waals surface area contributed by atoms with Crippen LogP contribution in [0.1, 0.15) is 70.8 Å². The molecule has 214 valence electrons. The molecule has 0 aliphatic carbocycles. The van der Waals surface area contributed by atoms with Gasteiger partial charge in [0, 0.05) is 24.2 Å². The molecule has 0 saturated carbocycles. The molecule has 1 heterocycles. The predicted octanol–water partition coefficient (Wildman–Crippen LogP) is 7.35. The average Bonchev–Trinajstić information content (AvgIpc) is 2.99. The van der Waals surface area contributed by atoms with E-state index in [1.54, 1.807) is 0 Å². The average molecular weight is 535 g/mol. The van der Waals surface area contributed by atoms with Crippen molar-refractivity contribution in [3.05, 3.63) is 100 Å². The summed E-state index contributed by atoms with van der Waals surface area (Å²) in [6.07, 6.45) is 13.6. The fourth-order valence-corrected chi connectivity index (χ4v) is 3.64. The van der Waals surface area contributed by atoms with Crippen LogP contribution in [0.15, 0.2) is 89.1 Å². The van der Waals surface area contributed by atoms with Crippen molar-refractivity contribution in [2.24, 2.45) is 0 Å². The summed E-state index contributed by atoms with van der Waals surface area (Å²) in [5, 5.41) is 3.12. The SMILES string of the molecule is C=C(/C=C/c1ccc(C(=O)N2CCOCC2)cc1)/C=C(\C=C/C)C(/C)=C/C(C=O)=C(\C)CCNC.CC.CC. The number of aldehydes is 1. The highest BCUT2D eigenvalue weighted by atomic mass is 16.5. The predicted molar refractivity (Wildman–Crippen MR) is 168 cm³/mol. The van der Waals surface area contributed by atoms with Gasteiger partial charge in [0.15, 0.2) is 0 Å². The Kier molecular flexibility index (Phi) is 19.8. The molecule has 1 aliphatic rings. The number of morpholine rings is 1. The first-order chi connectivity index (χ1) is 18.9. The molecule has 0 unspecified atom stereocenters. The van der Waals surface area contributed by atoms with E-state index in [-0.39, 0.29) is 5.91 Å². The van der Waals surface area contributed by atoms with Crippen molar-refractivity contribution in [2.75, 3.05) is 39.9 Å². The Bertz CT molecular complexity index is 1030. The van der Waals surface area contributed by atoms with Gasteiger partial charge in [0.2, 0.25) is 0 Å². The molecular weight excluding hydrogens is 484 g/mol. The van der Waals surface area contributed by atoms with Crippen LogP contribution in [0.2, 0.25) is 0 Å². The minimum atomic E-state index is 0.0411. The van der Waals surface area contributed by atoms with Gasteiger partial charge in [-0.25, -0.2) is 0 Å². The minimum absolute atomic E-state index is 0.0411. The fraction of sp³-hybridized carbons (Fsp3) is 0.412. The number of hydrogen-bond donors (Lipinski definition) is 1. The van der Waals surface area contributed by atoms with Crippen molar-refractivity contribution >= 4 is 18.3 Å². The van der Waals surface area contributed by atoms with E-state index in [1.165, 1.54) is 0 Å². The number of carbonyl (C=O) groups excluding carboxylic acids is 2. The van der Waals surface area contributed by atoms with Crippen molar-refractivity contribution in [1.82, 2.24) is 10.2 Å². The lowest BCUT2D eigenvalue weighted by molar-refractivity contribution is -0.104. The van der Waals surface area contributed by atoms with Gasteiger partial charge < -0.3 is 15.0 Å². The molecule has 1 saturated heterocycles. The third-order valence-electron chi connectivity index (χ3n) is 5.83. The highest BCUT2D eigenvalue weighted by Crippen LogP contribution is 2.19. The largest absolute Gasteiger partial charge is 0.378 e. The molecule has 39 heavy (non-hydrogen) atoms. The van der Waals surface area contributed by atoms with Crippen LogP contribution in [-0.2, 0) is 9.53 Å². The summed E-state index contributed by atoms with van der Waals surface area (Å²) in [6, 6.07) is 7.60. The van der Waals surface area contributed by atoms with Crippen LogP contribution >= 0.6 is 0 Å². The number of amides is 1. The summed E-state index contributed by atoms with van der Waals surface area (Å²) in [4.78, 5) is 26.1. The van der Waals surface area contributed by atoms with E-state index in [2.05, 4.69) is 11.9 Å². The molecule has 1 aliphatic heterocycles. The highest BCUT2D eigenvalue weighted by Gasteiger charge is 2.18. The third-order valence-corrected chi connectivity index (χ3v) is 5.83. The minimum Gasteiger partial charge on any atom is -0.378 e. The third kappa shape index (κ3) is 13.4. The van der Waals surface area contributed by atoms with Crippen molar-refractivity contribution in [3.63, 3.8) is 0 Å². The van der Waals surface area contributed by atoms with E-state index in [4.69, 9.17) is 4.74 Å². The van der Waals surface area contributed by atoms with Gasteiger partial charge in [0.1, 0.15) is 6.29 Å². The van der Waals surface area contributed by atoms with E-state index in [9.17, 15) is 9.59 Å². The molecule has 1 amide bonds. The lowest BCUT2D eigenvalue weighted by atomic mass is 9.99. The molecule has 1 aromatic rings. The summed E-state index contributed by atoms with van der Waals surface area (Å²) in [7, 11) is 1.90. The fourth-order valence-electron chi connectivity index (χ4n) is 3.64. The molecule has 1 fully saturated rings. The number of nitrogens with one attached hydrogen (secondary N) is 1. The van der Waals surface area contributed by atoms with Crippen LogP contribution in [-0.4, -0.2) is 57.0 Å². The Morgan fingerprint density at radius 3 is 2.18 bits per heavy atom. The number of allylic oxidation sites excluding steroid dienone is 9. The van der Waals surface area contributed by atoms with Gasteiger partial charge in [0.25, 0.3) is 5.91 Å². The lowest BCUT2D eigenvalue weighted by Crippen LogP contribution is -2.40. The van der Waals surface area contributed by atoms with Gasteiger partial charge in [-0.15, -0.1) is 0 Å². The number of hydrogen-bond acceptors (Lipinski definition) is 4. The molecule has 5 nitrogen and oxygen atoms in total. The van der Waals surface area contributed by atoms with Gasteiger partial charge in [-0.1, -0.05) is 76.3 Å². The molecule has 0 spiro atoms. The molecule has 0 radical (unpaired) electrons. The molecule has 1 N–H and O–H groups in total. The van der Waals surface area contributed by atoms with Gasteiger partial charge in [-0.2, -0.15) is 0 Å². The second-order valence-electron chi connectivity index (χ2n) is 8.57. The number of ether oxygens (including phenoxy) is 1. The first-order valence-corrected chi connectivity index (χ1v) is 14.1. The normalized spacial score (nSPS) is 14.7. The highest BCUT2D eigenvalue weighted by molar-refractivity contribution is 5.94. The van der Waals surface area contributed by atoms with Gasteiger partial charge in [-0.05, 0) is 87.4 Å². The van der Waals surface area contributed by atoms with E-state index in [0.29, 0.717) is 37.4 Å². The molecule has 0 bridgehead atoms. The Morgan fingerprint density at radius 2 is 1.64 bits per heavy atom. The topological polar surface area (TPSA) is 58.6 Å². The second kappa shape index (κ2) is 21.6. The van der Waals surface area contributed by atoms with Crippen molar-refractivity contribution in [3.8, 4) is 0 Å². The van der Waals surface area contributed by atoms with E-state index in [1.807, 2.05) is 121 Å². The number of rotatable bonds is 11. The zero-order valence-corrected chi connectivity index (χ0v) is 25.5. The first-order valence-electron chi connectivity index (χ1n) is 14.1. The maximum Gasteiger partial charge on any atom is 0.254 e. The van der Waals surface area contributed by atoms with Crippen LogP contribution in [0, 0.1) is 0 Å². The van der Waals surface area contributed by atoms with Crippen molar-refractivity contribution in [1.29, 1.82) is 0 Å². The van der Waals surface area contributed by atoms with Crippen LogP contribution in [0.4, 0.5) is 0 Å². The Hall–Kier alpha value is -3.28. The zero-order valence-electron chi connectivity index (χ0n) is 25.5. The number of nitrogens with zero attached hydrogens (tertiary/aromatic N) is 1. The van der Waals surface area contributed by atoms with Crippen LogP contribution in [0.3, 0.4) is 0 Å². The molecule has 5 heteroatoms. The Labute approximate surface area is 237 Å². The van der Waals surface area contributed by atoms with Gasteiger partial charge in [0.05, 0.1) is 13.2 Å². The smallest absolute Gasteiger partial charge is 0.254 e. The van der Waals surface area contributed by atoms with E-state index in [0.717, 1.165) is 47.1 Å². The maximum absolute atomic E-state index is 12.6. The van der Waals surface area contributed by atoms with E-state index < -0.39 is 0 Å². The Balaban J connectivity index is 0.00000344. The summed E-state index contributed by atoms with van der Waals surface area (Å²) in [6.45, 7) is 21.4. The van der Waals surface area contributed by atoms with Crippen molar-refractivity contribution < 1.29 is 14.3 Å². The van der Waals surface area contributed by atoms with Crippen LogP contribution in [0.25, 0.3) is 6.08 Å². The van der Waals surface area contributed by atoms with Gasteiger partial charge >= 0.3 is 0 Å².